The number of nitrogens with zero attached hydrogens (tertiary/aromatic N) is 3. The maximum absolute atomic E-state index is 11.3. The summed E-state index contributed by atoms with van der Waals surface area (Å²) in [6.07, 6.45) is 0. The van der Waals surface area contributed by atoms with E-state index in [0.29, 0.717) is 11.6 Å². The van der Waals surface area contributed by atoms with Crippen molar-refractivity contribution in [3.8, 4) is 0 Å². The van der Waals surface area contributed by atoms with Gasteiger partial charge in [-0.05, 0) is 26.1 Å². The topological polar surface area (TPSA) is 84.1 Å². The molecule has 6 nitrogen and oxygen atoms in total. The lowest BCUT2D eigenvalue weighted by atomic mass is 10.3. The maximum atomic E-state index is 11.3. The summed E-state index contributed by atoms with van der Waals surface area (Å²) < 4.78 is 0. The summed E-state index contributed by atoms with van der Waals surface area (Å²) in [5, 5.41) is 2.25. The van der Waals surface area contributed by atoms with E-state index in [-0.39, 0.29) is 5.91 Å². The van der Waals surface area contributed by atoms with Gasteiger partial charge in [0.1, 0.15) is 0 Å². The van der Waals surface area contributed by atoms with E-state index in [1.165, 1.54) is 11.3 Å². The van der Waals surface area contributed by atoms with Crippen molar-refractivity contribution in [2.45, 2.75) is 20.0 Å². The normalized spacial score (nSPS) is 10.8. The number of hydrogen-bond acceptors (Lipinski definition) is 6. The van der Waals surface area contributed by atoms with Crippen molar-refractivity contribution in [2.24, 2.45) is 5.84 Å². The molecular formula is C13H17N5OS. The van der Waals surface area contributed by atoms with E-state index in [1.807, 2.05) is 37.6 Å². The van der Waals surface area contributed by atoms with E-state index < -0.39 is 0 Å². The number of aromatic nitrogens is 2. The smallest absolute Gasteiger partial charge is 0.294 e. The number of pyridine rings is 1. The number of thiazole rings is 1. The molecule has 0 aliphatic rings. The number of hydrogen-bond donors (Lipinski definition) is 2. The molecule has 0 aliphatic carbocycles. The van der Waals surface area contributed by atoms with Crippen LogP contribution in [0.2, 0.25) is 0 Å². The molecule has 0 atom stereocenters. The number of nitrogen functional groups attached to an aromatic ring is 1. The molecule has 20 heavy (non-hydrogen) atoms. The van der Waals surface area contributed by atoms with E-state index in [9.17, 15) is 4.79 Å². The van der Waals surface area contributed by atoms with Crippen molar-refractivity contribution >= 4 is 17.2 Å². The Morgan fingerprint density at radius 3 is 2.80 bits per heavy atom. The Morgan fingerprint density at radius 2 is 2.10 bits per heavy atom. The average molecular weight is 291 g/mol. The molecule has 0 bridgehead atoms. The van der Waals surface area contributed by atoms with E-state index in [4.69, 9.17) is 5.84 Å². The number of hydrazine groups is 1. The van der Waals surface area contributed by atoms with Crippen LogP contribution in [-0.2, 0) is 13.1 Å². The van der Waals surface area contributed by atoms with Gasteiger partial charge in [0.25, 0.3) is 5.91 Å². The van der Waals surface area contributed by atoms with Gasteiger partial charge in [0.05, 0.1) is 11.4 Å². The second-order valence-corrected chi connectivity index (χ2v) is 5.42. The van der Waals surface area contributed by atoms with Crippen molar-refractivity contribution in [1.29, 1.82) is 0 Å². The number of carbonyl (C=O) groups excluding carboxylic acids is 1. The van der Waals surface area contributed by atoms with Gasteiger partial charge in [-0.2, -0.15) is 0 Å². The highest BCUT2D eigenvalue weighted by Crippen LogP contribution is 2.12. The molecular weight excluding hydrogens is 274 g/mol. The second-order valence-electron chi connectivity index (χ2n) is 4.56. The molecule has 0 fully saturated rings. The Kier molecular flexibility index (Phi) is 4.78. The van der Waals surface area contributed by atoms with E-state index in [1.54, 1.807) is 0 Å². The number of amides is 1. The minimum atomic E-state index is -0.357. The average Bonchev–Trinajstić information content (AvgIpc) is 2.86. The summed E-state index contributed by atoms with van der Waals surface area (Å²) in [5.74, 6) is 4.72. The molecule has 0 unspecified atom stereocenters. The minimum absolute atomic E-state index is 0.357. The van der Waals surface area contributed by atoms with Gasteiger partial charge in [-0.3, -0.25) is 20.1 Å². The van der Waals surface area contributed by atoms with Crippen LogP contribution in [0.15, 0.2) is 23.6 Å². The van der Waals surface area contributed by atoms with Crippen molar-refractivity contribution in [1.82, 2.24) is 20.3 Å². The van der Waals surface area contributed by atoms with Crippen molar-refractivity contribution < 1.29 is 4.79 Å². The van der Waals surface area contributed by atoms with E-state index in [0.717, 1.165) is 23.6 Å². The zero-order valence-corrected chi connectivity index (χ0v) is 12.3. The van der Waals surface area contributed by atoms with Gasteiger partial charge >= 0.3 is 0 Å². The molecule has 0 spiro atoms. The Morgan fingerprint density at radius 1 is 1.35 bits per heavy atom. The molecule has 7 heteroatoms. The highest BCUT2D eigenvalue weighted by atomic mass is 32.1. The fourth-order valence-corrected chi connectivity index (χ4v) is 2.55. The van der Waals surface area contributed by atoms with Gasteiger partial charge in [0.2, 0.25) is 0 Å². The third-order valence-corrected chi connectivity index (χ3v) is 3.58. The molecule has 2 heterocycles. The lowest BCUT2D eigenvalue weighted by molar-refractivity contribution is 0.0953. The Balaban J connectivity index is 1.96. The molecule has 106 valence electrons. The molecule has 1 amide bonds. The third kappa shape index (κ3) is 3.83. The van der Waals surface area contributed by atoms with Crippen LogP contribution in [0.5, 0.6) is 0 Å². The van der Waals surface area contributed by atoms with Crippen LogP contribution >= 0.6 is 11.3 Å². The lowest BCUT2D eigenvalue weighted by Crippen LogP contribution is -2.30. The zero-order valence-electron chi connectivity index (χ0n) is 11.5. The molecule has 2 aromatic heterocycles. The molecule has 0 radical (unpaired) electrons. The molecule has 2 rings (SSSR count). The van der Waals surface area contributed by atoms with Gasteiger partial charge in [-0.25, -0.2) is 10.8 Å². The molecule has 3 N–H and O–H groups in total. The number of nitrogens with two attached hydrogens (primary N) is 1. The van der Waals surface area contributed by atoms with Gasteiger partial charge in [0.15, 0.2) is 5.01 Å². The zero-order chi connectivity index (χ0) is 14.5. The van der Waals surface area contributed by atoms with Gasteiger partial charge in [-0.15, -0.1) is 11.3 Å². The molecule has 2 aromatic rings. The van der Waals surface area contributed by atoms with Crippen LogP contribution in [0, 0.1) is 6.92 Å². The first-order chi connectivity index (χ1) is 9.58. The summed E-state index contributed by atoms with van der Waals surface area (Å²) in [4.78, 5) is 22.1. The van der Waals surface area contributed by atoms with Crippen molar-refractivity contribution in [3.05, 3.63) is 45.7 Å². The molecule has 0 aromatic carbocycles. The quantitative estimate of drug-likeness (QED) is 0.489. The van der Waals surface area contributed by atoms with Crippen LogP contribution in [0.1, 0.15) is 26.9 Å². The van der Waals surface area contributed by atoms with Crippen LogP contribution in [-0.4, -0.2) is 27.8 Å². The minimum Gasteiger partial charge on any atom is -0.295 e. The van der Waals surface area contributed by atoms with Gasteiger partial charge in [0, 0.05) is 24.2 Å². The largest absolute Gasteiger partial charge is 0.295 e. The number of rotatable bonds is 5. The SMILES string of the molecule is Cc1cccc(CN(C)Cc2csc(C(=O)NN)n2)n1. The Bertz CT molecular complexity index is 598. The van der Waals surface area contributed by atoms with E-state index >= 15 is 0 Å². The Hall–Kier alpha value is -1.83. The Labute approximate surface area is 121 Å². The maximum Gasteiger partial charge on any atom is 0.294 e. The van der Waals surface area contributed by atoms with Crippen LogP contribution in [0.25, 0.3) is 0 Å². The summed E-state index contributed by atoms with van der Waals surface area (Å²) >= 11 is 1.29. The van der Waals surface area contributed by atoms with Crippen LogP contribution in [0.4, 0.5) is 0 Å². The standard InChI is InChI=1S/C13H17N5OS/c1-9-4-3-5-10(15-9)6-18(2)7-11-8-20-13(16-11)12(19)17-14/h3-5,8H,6-7,14H2,1-2H3,(H,17,19). The first-order valence-corrected chi connectivity index (χ1v) is 7.03. The predicted octanol–water partition coefficient (Wildman–Crippen LogP) is 1.08. The predicted molar refractivity (Wildman–Crippen MR) is 77.9 cm³/mol. The van der Waals surface area contributed by atoms with Gasteiger partial charge < -0.3 is 0 Å². The lowest BCUT2D eigenvalue weighted by Gasteiger charge is -2.14. The third-order valence-electron chi connectivity index (χ3n) is 2.69. The van der Waals surface area contributed by atoms with E-state index in [2.05, 4.69) is 20.3 Å². The van der Waals surface area contributed by atoms with Crippen molar-refractivity contribution in [2.75, 3.05) is 7.05 Å². The number of carbonyl (C=O) groups is 1. The first-order valence-electron chi connectivity index (χ1n) is 6.15. The summed E-state index contributed by atoms with van der Waals surface area (Å²) in [5.41, 5.74) is 4.95. The monoisotopic (exact) mass is 291 g/mol. The van der Waals surface area contributed by atoms with Crippen molar-refractivity contribution in [3.63, 3.8) is 0 Å². The molecule has 0 saturated carbocycles. The van der Waals surface area contributed by atoms with Crippen LogP contribution in [0.3, 0.4) is 0 Å². The fourth-order valence-electron chi connectivity index (χ4n) is 1.84. The number of aryl methyl sites for hydroxylation is 1. The second kappa shape index (κ2) is 6.56. The highest BCUT2D eigenvalue weighted by Gasteiger charge is 2.11. The summed E-state index contributed by atoms with van der Waals surface area (Å²) in [6.45, 7) is 3.36. The molecule has 0 aliphatic heterocycles. The van der Waals surface area contributed by atoms with Crippen LogP contribution < -0.4 is 11.3 Å². The first kappa shape index (κ1) is 14.6. The highest BCUT2D eigenvalue weighted by molar-refractivity contribution is 7.11. The van der Waals surface area contributed by atoms with Gasteiger partial charge in [-0.1, -0.05) is 6.07 Å². The molecule has 0 saturated heterocycles. The number of nitrogens with one attached hydrogen (secondary N) is 1. The summed E-state index contributed by atoms with van der Waals surface area (Å²) in [6, 6.07) is 5.97. The fraction of sp³-hybridized carbons (Fsp3) is 0.308. The summed E-state index contributed by atoms with van der Waals surface area (Å²) in [7, 11) is 1.99.